The summed E-state index contributed by atoms with van der Waals surface area (Å²) in [5.74, 6) is -0.0659. The lowest BCUT2D eigenvalue weighted by atomic mass is 10.2. The largest absolute Gasteiger partial charge is 0.493 e. The van der Waals surface area contributed by atoms with Gasteiger partial charge in [-0.3, -0.25) is 4.79 Å². The molecule has 0 fully saturated rings. The topological polar surface area (TPSA) is 56.4 Å². The number of aliphatic carboxylic acids is 1. The van der Waals surface area contributed by atoms with Gasteiger partial charge in [-0.15, -0.1) is 0 Å². The first-order valence-corrected chi connectivity index (χ1v) is 10.1. The molecule has 5 rings (SSSR count). The van der Waals surface area contributed by atoms with Crippen molar-refractivity contribution < 1.29 is 14.6 Å². The molecule has 3 aromatic carbocycles. The van der Waals surface area contributed by atoms with Crippen LogP contribution in [0.15, 0.2) is 79.0 Å². The molecule has 0 saturated heterocycles. The predicted molar refractivity (Wildman–Crippen MR) is 119 cm³/mol. The van der Waals surface area contributed by atoms with Gasteiger partial charge in [-0.25, -0.2) is 0 Å². The molecule has 0 atom stereocenters. The Bertz CT molecular complexity index is 1310. The summed E-state index contributed by atoms with van der Waals surface area (Å²) in [6.45, 7) is 1.40. The van der Waals surface area contributed by atoms with E-state index in [9.17, 15) is 4.79 Å². The van der Waals surface area contributed by atoms with E-state index in [4.69, 9.17) is 9.84 Å². The Morgan fingerprint density at radius 1 is 0.800 bits per heavy atom. The maximum absolute atomic E-state index is 11.1. The van der Waals surface area contributed by atoms with Crippen LogP contribution in [0.1, 0.15) is 6.42 Å². The maximum atomic E-state index is 11.1. The summed E-state index contributed by atoms with van der Waals surface area (Å²) < 4.78 is 10.2. The molecule has 0 aliphatic carbocycles. The average molecular weight is 398 g/mol. The summed E-state index contributed by atoms with van der Waals surface area (Å²) in [6.07, 6.45) is 2.67. The minimum absolute atomic E-state index is 0.0548. The van der Waals surface area contributed by atoms with Gasteiger partial charge in [0.2, 0.25) is 0 Å². The molecule has 30 heavy (non-hydrogen) atoms. The molecule has 5 aromatic rings. The standard InChI is InChI=1S/C25H22N2O3/c28-25(29)17-26-15-13-20-21(26)11-5-12-24(20)30-16-6-14-27-22-9-3-1-7-18(22)19-8-2-4-10-23(19)27/h1-5,7-13,15H,6,14,16-17H2,(H,28,29). The number of rotatable bonds is 7. The van der Waals surface area contributed by atoms with Gasteiger partial charge in [0, 0.05) is 39.9 Å². The Labute approximate surface area is 173 Å². The molecule has 0 spiro atoms. The van der Waals surface area contributed by atoms with Gasteiger partial charge in [0.1, 0.15) is 12.3 Å². The van der Waals surface area contributed by atoms with Crippen LogP contribution in [0.4, 0.5) is 0 Å². The fourth-order valence-corrected chi connectivity index (χ4v) is 4.25. The molecule has 5 nitrogen and oxygen atoms in total. The molecule has 1 N–H and O–H groups in total. The van der Waals surface area contributed by atoms with E-state index in [0.29, 0.717) is 6.61 Å². The predicted octanol–water partition coefficient (Wildman–Crippen LogP) is 5.30. The molecule has 0 aliphatic rings. The first kappa shape index (κ1) is 18.3. The molecule has 0 aliphatic heterocycles. The van der Waals surface area contributed by atoms with E-state index in [1.165, 1.54) is 21.8 Å². The summed E-state index contributed by atoms with van der Waals surface area (Å²) in [5.41, 5.74) is 3.36. The number of carbonyl (C=O) groups is 1. The fraction of sp³-hybridized carbons (Fsp3) is 0.160. The van der Waals surface area contributed by atoms with Crippen molar-refractivity contribution in [2.24, 2.45) is 0 Å². The number of benzene rings is 3. The Morgan fingerprint density at radius 3 is 2.17 bits per heavy atom. The van der Waals surface area contributed by atoms with Crippen LogP contribution >= 0.6 is 0 Å². The van der Waals surface area contributed by atoms with Crippen molar-refractivity contribution in [2.45, 2.75) is 19.5 Å². The monoisotopic (exact) mass is 398 g/mol. The lowest BCUT2D eigenvalue weighted by Crippen LogP contribution is -2.07. The van der Waals surface area contributed by atoms with E-state index in [2.05, 4.69) is 53.1 Å². The number of fused-ring (bicyclic) bond motifs is 4. The molecule has 2 aromatic heterocycles. The molecule has 0 radical (unpaired) electrons. The molecule has 2 heterocycles. The van der Waals surface area contributed by atoms with Crippen LogP contribution in [-0.4, -0.2) is 26.8 Å². The Kier molecular flexibility index (Phi) is 4.64. The van der Waals surface area contributed by atoms with Gasteiger partial charge in [0.25, 0.3) is 0 Å². The molecule has 0 bridgehead atoms. The lowest BCUT2D eigenvalue weighted by molar-refractivity contribution is -0.137. The number of carboxylic acid groups (broad SMARTS) is 1. The molecule has 150 valence electrons. The van der Waals surface area contributed by atoms with Crippen LogP contribution in [0.5, 0.6) is 5.75 Å². The summed E-state index contributed by atoms with van der Waals surface area (Å²) in [6, 6.07) is 24.7. The number of ether oxygens (including phenoxy) is 1. The highest BCUT2D eigenvalue weighted by Crippen LogP contribution is 2.29. The molecular weight excluding hydrogens is 376 g/mol. The average Bonchev–Trinajstić information content (AvgIpc) is 3.31. The van der Waals surface area contributed by atoms with Crippen LogP contribution in [0.2, 0.25) is 0 Å². The van der Waals surface area contributed by atoms with E-state index in [1.807, 2.05) is 24.3 Å². The Hall–Kier alpha value is -3.73. The van der Waals surface area contributed by atoms with Gasteiger partial charge in [-0.2, -0.15) is 0 Å². The zero-order valence-corrected chi connectivity index (χ0v) is 16.5. The second kappa shape index (κ2) is 7.59. The molecule has 5 heteroatoms. The van der Waals surface area contributed by atoms with E-state index in [0.717, 1.165) is 29.6 Å². The van der Waals surface area contributed by atoms with Crippen molar-refractivity contribution in [3.63, 3.8) is 0 Å². The van der Waals surface area contributed by atoms with Crippen molar-refractivity contribution in [3.05, 3.63) is 79.0 Å². The van der Waals surface area contributed by atoms with Crippen molar-refractivity contribution in [1.29, 1.82) is 0 Å². The molecule has 0 amide bonds. The molecular formula is C25H22N2O3. The summed E-state index contributed by atoms with van der Waals surface area (Å²) in [4.78, 5) is 11.1. The highest BCUT2D eigenvalue weighted by Gasteiger charge is 2.11. The highest BCUT2D eigenvalue weighted by molar-refractivity contribution is 6.07. The number of carboxylic acids is 1. The van der Waals surface area contributed by atoms with Gasteiger partial charge in [-0.05, 0) is 36.8 Å². The van der Waals surface area contributed by atoms with Crippen LogP contribution in [0.3, 0.4) is 0 Å². The minimum Gasteiger partial charge on any atom is -0.493 e. The Balaban J connectivity index is 1.34. The lowest BCUT2D eigenvalue weighted by Gasteiger charge is -2.10. The van der Waals surface area contributed by atoms with Gasteiger partial charge >= 0.3 is 5.97 Å². The van der Waals surface area contributed by atoms with Crippen LogP contribution < -0.4 is 4.74 Å². The summed E-state index contributed by atoms with van der Waals surface area (Å²) >= 11 is 0. The number of hydrogen-bond acceptors (Lipinski definition) is 2. The van der Waals surface area contributed by atoms with Gasteiger partial charge in [-0.1, -0.05) is 42.5 Å². The number of nitrogens with zero attached hydrogens (tertiary/aromatic N) is 2. The number of aromatic nitrogens is 2. The van der Waals surface area contributed by atoms with Crippen molar-refractivity contribution in [2.75, 3.05) is 6.61 Å². The van der Waals surface area contributed by atoms with E-state index in [1.54, 1.807) is 10.8 Å². The SMILES string of the molecule is O=C(O)Cn1ccc2c(OCCCn3c4ccccc4c4ccccc43)cccc21. The highest BCUT2D eigenvalue weighted by atomic mass is 16.5. The smallest absolute Gasteiger partial charge is 0.323 e. The molecule has 0 saturated carbocycles. The third-order valence-corrected chi connectivity index (χ3v) is 5.54. The zero-order valence-electron chi connectivity index (χ0n) is 16.5. The third-order valence-electron chi connectivity index (χ3n) is 5.54. The quantitative estimate of drug-likeness (QED) is 0.378. The van der Waals surface area contributed by atoms with Crippen LogP contribution in [0, 0.1) is 0 Å². The van der Waals surface area contributed by atoms with Gasteiger partial charge in [0.05, 0.1) is 12.1 Å². The van der Waals surface area contributed by atoms with Crippen molar-refractivity contribution in [3.8, 4) is 5.75 Å². The second-order valence-electron chi connectivity index (χ2n) is 7.41. The van der Waals surface area contributed by atoms with E-state index >= 15 is 0 Å². The van der Waals surface area contributed by atoms with Gasteiger partial charge in [0.15, 0.2) is 0 Å². The normalized spacial score (nSPS) is 11.5. The number of aryl methyl sites for hydroxylation is 1. The van der Waals surface area contributed by atoms with Gasteiger partial charge < -0.3 is 19.0 Å². The maximum Gasteiger partial charge on any atom is 0.323 e. The Morgan fingerprint density at radius 2 is 1.47 bits per heavy atom. The van der Waals surface area contributed by atoms with Crippen molar-refractivity contribution >= 4 is 38.7 Å². The second-order valence-corrected chi connectivity index (χ2v) is 7.41. The summed E-state index contributed by atoms with van der Waals surface area (Å²) in [7, 11) is 0. The van der Waals surface area contributed by atoms with E-state index < -0.39 is 5.97 Å². The van der Waals surface area contributed by atoms with Crippen LogP contribution in [-0.2, 0) is 17.9 Å². The first-order chi connectivity index (χ1) is 14.7. The minimum atomic E-state index is -0.856. The zero-order chi connectivity index (χ0) is 20.5. The van der Waals surface area contributed by atoms with Crippen LogP contribution in [0.25, 0.3) is 32.7 Å². The third kappa shape index (κ3) is 3.18. The fourth-order valence-electron chi connectivity index (χ4n) is 4.25. The first-order valence-electron chi connectivity index (χ1n) is 10.1. The number of hydrogen-bond donors (Lipinski definition) is 1. The summed E-state index contributed by atoms with van der Waals surface area (Å²) in [5, 5.41) is 12.6. The number of para-hydroxylation sites is 2. The van der Waals surface area contributed by atoms with E-state index in [-0.39, 0.29) is 6.54 Å². The van der Waals surface area contributed by atoms with Crippen molar-refractivity contribution in [1.82, 2.24) is 9.13 Å². The molecule has 0 unspecified atom stereocenters.